The van der Waals surface area contributed by atoms with E-state index in [1.165, 1.54) is 0 Å². The van der Waals surface area contributed by atoms with Gasteiger partial charge in [0.1, 0.15) is 12.7 Å². The van der Waals surface area contributed by atoms with Crippen LogP contribution in [0.4, 0.5) is 16.2 Å². The number of hydrogen-bond acceptors (Lipinski definition) is 6. The zero-order chi connectivity index (χ0) is 17.1. The molecule has 2 saturated heterocycles. The number of nitrogens with zero attached hydrogens (tertiary/aromatic N) is 3. The van der Waals surface area contributed by atoms with Crippen LogP contribution in [-0.2, 0) is 9.53 Å². The molecule has 2 heterocycles. The third-order valence-corrected chi connectivity index (χ3v) is 4.43. The number of aliphatic hydroxyl groups is 1. The molecule has 0 aromatic heterocycles. The maximum atomic E-state index is 11.8. The van der Waals surface area contributed by atoms with Crippen LogP contribution in [0.2, 0.25) is 0 Å². The molecule has 0 bridgehead atoms. The molecule has 3 N–H and O–H groups in total. The van der Waals surface area contributed by atoms with Crippen molar-refractivity contribution in [2.75, 3.05) is 55.7 Å². The molecule has 0 aliphatic carbocycles. The quantitative estimate of drug-likeness (QED) is 0.778. The molecule has 2 fully saturated rings. The standard InChI is InChI=1S/C16H22N4O4/c17-9-14-10-20(16(23)24-14)13-3-1-12(2-4-13)18-5-7-19(8-6-18)15(22)11-21/h1-4,14,21H,5-11,17H2/t14-/m0/s1. The van der Waals surface area contributed by atoms with E-state index in [9.17, 15) is 9.59 Å². The zero-order valence-electron chi connectivity index (χ0n) is 13.4. The topological polar surface area (TPSA) is 99.3 Å². The molecule has 1 atom stereocenters. The molecule has 0 spiro atoms. The van der Waals surface area contributed by atoms with Gasteiger partial charge < -0.3 is 25.4 Å². The van der Waals surface area contributed by atoms with E-state index in [1.807, 2.05) is 24.3 Å². The molecule has 2 aliphatic heterocycles. The SMILES string of the molecule is NC[C@H]1CN(c2ccc(N3CCN(C(=O)CO)CC3)cc2)C(=O)O1. The van der Waals surface area contributed by atoms with Crippen LogP contribution in [0.5, 0.6) is 0 Å². The lowest BCUT2D eigenvalue weighted by Gasteiger charge is -2.36. The van der Waals surface area contributed by atoms with Crippen LogP contribution < -0.4 is 15.5 Å². The number of anilines is 2. The number of carbonyl (C=O) groups excluding carboxylic acids is 2. The Morgan fingerprint density at radius 3 is 2.33 bits per heavy atom. The first-order valence-corrected chi connectivity index (χ1v) is 8.04. The van der Waals surface area contributed by atoms with Crippen LogP contribution in [0.15, 0.2) is 24.3 Å². The molecule has 0 radical (unpaired) electrons. The normalized spacial score (nSPS) is 21.2. The molecule has 1 aromatic carbocycles. The number of nitrogens with two attached hydrogens (primary N) is 1. The highest BCUT2D eigenvalue weighted by Crippen LogP contribution is 2.25. The molecule has 8 heteroatoms. The van der Waals surface area contributed by atoms with Crippen LogP contribution in [0.1, 0.15) is 0 Å². The summed E-state index contributed by atoms with van der Waals surface area (Å²) >= 11 is 0. The van der Waals surface area contributed by atoms with Gasteiger partial charge in [0.15, 0.2) is 0 Å². The molecule has 0 unspecified atom stereocenters. The third-order valence-electron chi connectivity index (χ3n) is 4.43. The Labute approximate surface area is 140 Å². The molecule has 1 aromatic rings. The molecule has 0 saturated carbocycles. The van der Waals surface area contributed by atoms with Crippen LogP contribution in [0.3, 0.4) is 0 Å². The first kappa shape index (κ1) is 16.5. The summed E-state index contributed by atoms with van der Waals surface area (Å²) in [6, 6.07) is 7.70. The molecule has 3 rings (SSSR count). The Balaban J connectivity index is 1.61. The number of cyclic esters (lactones) is 1. The van der Waals surface area contributed by atoms with Crippen LogP contribution in [0, 0.1) is 0 Å². The maximum Gasteiger partial charge on any atom is 0.414 e. The lowest BCUT2D eigenvalue weighted by Crippen LogP contribution is -2.49. The van der Waals surface area contributed by atoms with Crippen LogP contribution in [0.25, 0.3) is 0 Å². The van der Waals surface area contributed by atoms with E-state index in [1.54, 1.807) is 9.80 Å². The molecular formula is C16H22N4O4. The fourth-order valence-electron chi connectivity index (χ4n) is 3.01. The average Bonchev–Trinajstić information content (AvgIpc) is 3.02. The van der Waals surface area contributed by atoms with Crippen molar-refractivity contribution >= 4 is 23.4 Å². The summed E-state index contributed by atoms with van der Waals surface area (Å²) in [5, 5.41) is 8.91. The number of amides is 2. The number of carbonyl (C=O) groups is 2. The van der Waals surface area contributed by atoms with Crippen molar-refractivity contribution in [1.29, 1.82) is 0 Å². The summed E-state index contributed by atoms with van der Waals surface area (Å²) in [4.78, 5) is 28.7. The monoisotopic (exact) mass is 334 g/mol. The second-order valence-corrected chi connectivity index (χ2v) is 5.89. The Morgan fingerprint density at radius 1 is 1.17 bits per heavy atom. The van der Waals surface area contributed by atoms with E-state index < -0.39 is 6.61 Å². The molecule has 130 valence electrons. The molecule has 8 nitrogen and oxygen atoms in total. The molecule has 24 heavy (non-hydrogen) atoms. The van der Waals surface area contributed by atoms with Gasteiger partial charge in [0, 0.05) is 44.1 Å². The Bertz CT molecular complexity index is 599. The third kappa shape index (κ3) is 3.29. The number of rotatable bonds is 4. The zero-order valence-corrected chi connectivity index (χ0v) is 13.4. The predicted molar refractivity (Wildman–Crippen MR) is 89.0 cm³/mol. The minimum atomic E-state index is -0.440. The van der Waals surface area contributed by atoms with Gasteiger partial charge in [-0.3, -0.25) is 9.69 Å². The Morgan fingerprint density at radius 2 is 1.79 bits per heavy atom. The molecule has 2 amide bonds. The summed E-state index contributed by atoms with van der Waals surface area (Å²) in [5.74, 6) is -0.230. The average molecular weight is 334 g/mol. The van der Waals surface area contributed by atoms with E-state index in [0.29, 0.717) is 39.3 Å². The largest absolute Gasteiger partial charge is 0.443 e. The first-order chi connectivity index (χ1) is 11.6. The maximum absolute atomic E-state index is 11.8. The highest BCUT2D eigenvalue weighted by Gasteiger charge is 2.31. The van der Waals surface area contributed by atoms with Crippen molar-refractivity contribution in [2.45, 2.75) is 6.10 Å². The summed E-state index contributed by atoms with van der Waals surface area (Å²) < 4.78 is 5.16. The van der Waals surface area contributed by atoms with Crippen LogP contribution in [-0.4, -0.2) is 74.0 Å². The number of ether oxygens (including phenoxy) is 1. The summed E-state index contributed by atoms with van der Waals surface area (Å²) in [7, 11) is 0. The summed E-state index contributed by atoms with van der Waals surface area (Å²) in [5.41, 5.74) is 7.37. The lowest BCUT2D eigenvalue weighted by molar-refractivity contribution is -0.134. The second kappa shape index (κ2) is 7.06. The lowest BCUT2D eigenvalue weighted by atomic mass is 10.2. The van der Waals surface area contributed by atoms with Crippen molar-refractivity contribution in [3.8, 4) is 0 Å². The van der Waals surface area contributed by atoms with Gasteiger partial charge in [0.25, 0.3) is 0 Å². The Hall–Kier alpha value is -2.32. The molecule has 2 aliphatic rings. The minimum Gasteiger partial charge on any atom is -0.443 e. The molecular weight excluding hydrogens is 312 g/mol. The fraction of sp³-hybridized carbons (Fsp3) is 0.500. The van der Waals surface area contributed by atoms with Gasteiger partial charge in [-0.15, -0.1) is 0 Å². The van der Waals surface area contributed by atoms with Crippen molar-refractivity contribution in [1.82, 2.24) is 4.90 Å². The van der Waals surface area contributed by atoms with Crippen molar-refractivity contribution in [3.05, 3.63) is 24.3 Å². The number of aliphatic hydroxyl groups excluding tert-OH is 1. The van der Waals surface area contributed by atoms with Crippen molar-refractivity contribution in [2.24, 2.45) is 5.73 Å². The van der Waals surface area contributed by atoms with E-state index in [0.717, 1.165) is 11.4 Å². The number of benzene rings is 1. The highest BCUT2D eigenvalue weighted by molar-refractivity contribution is 5.90. The van der Waals surface area contributed by atoms with Crippen molar-refractivity contribution in [3.63, 3.8) is 0 Å². The second-order valence-electron chi connectivity index (χ2n) is 5.89. The number of hydrogen-bond donors (Lipinski definition) is 2. The van der Waals surface area contributed by atoms with E-state index in [4.69, 9.17) is 15.6 Å². The van der Waals surface area contributed by atoms with E-state index >= 15 is 0 Å². The van der Waals surface area contributed by atoms with Gasteiger partial charge in [-0.25, -0.2) is 4.79 Å². The van der Waals surface area contributed by atoms with Crippen molar-refractivity contribution < 1.29 is 19.4 Å². The van der Waals surface area contributed by atoms with Gasteiger partial charge in [-0.1, -0.05) is 0 Å². The highest BCUT2D eigenvalue weighted by atomic mass is 16.6. The first-order valence-electron chi connectivity index (χ1n) is 8.04. The van der Waals surface area contributed by atoms with E-state index in [2.05, 4.69) is 4.90 Å². The van der Waals surface area contributed by atoms with Gasteiger partial charge in [-0.05, 0) is 24.3 Å². The smallest absolute Gasteiger partial charge is 0.414 e. The Kier molecular flexibility index (Phi) is 4.86. The van der Waals surface area contributed by atoms with E-state index in [-0.39, 0.29) is 18.1 Å². The summed E-state index contributed by atoms with van der Waals surface area (Å²) in [6.45, 7) is 2.96. The number of piperazine rings is 1. The minimum absolute atomic E-state index is 0.230. The van der Waals surface area contributed by atoms with Crippen LogP contribution >= 0.6 is 0 Å². The van der Waals surface area contributed by atoms with Gasteiger partial charge in [0.05, 0.1) is 6.54 Å². The predicted octanol–water partition coefficient (Wildman–Crippen LogP) is -0.389. The summed E-state index contributed by atoms with van der Waals surface area (Å²) in [6.07, 6.45) is -0.622. The van der Waals surface area contributed by atoms with Gasteiger partial charge >= 0.3 is 6.09 Å². The fourth-order valence-corrected chi connectivity index (χ4v) is 3.01. The van der Waals surface area contributed by atoms with Gasteiger partial charge in [0.2, 0.25) is 5.91 Å². The van der Waals surface area contributed by atoms with Gasteiger partial charge in [-0.2, -0.15) is 0 Å².